The first-order valence-electron chi connectivity index (χ1n) is 5.04. The van der Waals surface area contributed by atoms with Gasteiger partial charge in [0.15, 0.2) is 11.6 Å². The van der Waals surface area contributed by atoms with E-state index in [9.17, 15) is 8.78 Å². The molecule has 0 bridgehead atoms. The Kier molecular flexibility index (Phi) is 3.83. The number of rotatable bonds is 3. The molecule has 0 saturated carbocycles. The van der Waals surface area contributed by atoms with Crippen LogP contribution in [0.2, 0.25) is 0 Å². The largest absolute Gasteiger partial charge is 0.204 e. The highest BCUT2D eigenvalue weighted by Gasteiger charge is 2.13. The second-order valence-corrected chi connectivity index (χ2v) is 5.56. The topological polar surface area (TPSA) is 25.8 Å². The van der Waals surface area contributed by atoms with Gasteiger partial charge in [0.1, 0.15) is 10.0 Å². The Bertz CT molecular complexity index is 530. The van der Waals surface area contributed by atoms with E-state index >= 15 is 0 Å². The minimum absolute atomic E-state index is 0.152. The van der Waals surface area contributed by atoms with Gasteiger partial charge in [-0.05, 0) is 24.6 Å². The van der Waals surface area contributed by atoms with Crippen LogP contribution in [0.1, 0.15) is 23.2 Å². The van der Waals surface area contributed by atoms with E-state index in [0.29, 0.717) is 10.6 Å². The summed E-state index contributed by atoms with van der Waals surface area (Å²) >= 11 is 4.85. The van der Waals surface area contributed by atoms with E-state index in [4.69, 9.17) is 0 Å². The molecule has 1 aromatic carbocycles. The maximum Gasteiger partial charge on any atom is 0.159 e. The maximum atomic E-state index is 13.1. The highest BCUT2D eigenvalue weighted by molar-refractivity contribution is 9.09. The summed E-state index contributed by atoms with van der Waals surface area (Å²) in [6.45, 7) is 2.03. The molecule has 0 radical (unpaired) electrons. The van der Waals surface area contributed by atoms with Crippen LogP contribution in [0, 0.1) is 11.6 Å². The first-order chi connectivity index (χ1) is 8.11. The molecule has 17 heavy (non-hydrogen) atoms. The Balaban J connectivity index is 2.33. The van der Waals surface area contributed by atoms with Crippen LogP contribution in [-0.2, 0) is 0 Å². The van der Waals surface area contributed by atoms with Gasteiger partial charge in [-0.2, -0.15) is 0 Å². The number of benzene rings is 1. The van der Waals surface area contributed by atoms with E-state index in [-0.39, 0.29) is 4.83 Å². The van der Waals surface area contributed by atoms with E-state index in [2.05, 4.69) is 26.1 Å². The van der Waals surface area contributed by atoms with Gasteiger partial charge in [0.25, 0.3) is 0 Å². The van der Waals surface area contributed by atoms with E-state index in [0.717, 1.165) is 23.6 Å². The van der Waals surface area contributed by atoms with Gasteiger partial charge in [-0.15, -0.1) is 10.2 Å². The molecule has 0 spiro atoms. The van der Waals surface area contributed by atoms with Crippen LogP contribution in [0.25, 0.3) is 10.6 Å². The van der Waals surface area contributed by atoms with Crippen molar-refractivity contribution < 1.29 is 8.78 Å². The van der Waals surface area contributed by atoms with Crippen molar-refractivity contribution in [3.63, 3.8) is 0 Å². The quantitative estimate of drug-likeness (QED) is 0.787. The molecule has 1 unspecified atom stereocenters. The molecule has 1 aromatic heterocycles. The van der Waals surface area contributed by atoms with E-state index in [1.807, 2.05) is 6.92 Å². The second kappa shape index (κ2) is 5.18. The predicted molar refractivity (Wildman–Crippen MR) is 67.2 cm³/mol. The third-order valence-electron chi connectivity index (χ3n) is 2.23. The molecule has 2 nitrogen and oxygen atoms in total. The van der Waals surface area contributed by atoms with Crippen LogP contribution < -0.4 is 0 Å². The molecule has 2 rings (SSSR count). The van der Waals surface area contributed by atoms with Gasteiger partial charge in [0.2, 0.25) is 0 Å². The van der Waals surface area contributed by atoms with Gasteiger partial charge >= 0.3 is 0 Å². The van der Waals surface area contributed by atoms with Gasteiger partial charge in [0.05, 0.1) is 4.83 Å². The van der Waals surface area contributed by atoms with Crippen LogP contribution in [0.4, 0.5) is 8.78 Å². The van der Waals surface area contributed by atoms with Crippen molar-refractivity contribution in [1.82, 2.24) is 10.2 Å². The molecule has 0 saturated heterocycles. The van der Waals surface area contributed by atoms with E-state index in [1.54, 1.807) is 0 Å². The smallest absolute Gasteiger partial charge is 0.159 e. The number of aromatic nitrogens is 2. The highest BCUT2D eigenvalue weighted by atomic mass is 79.9. The fourth-order valence-electron chi connectivity index (χ4n) is 1.28. The highest BCUT2D eigenvalue weighted by Crippen LogP contribution is 2.32. The number of alkyl halides is 1. The van der Waals surface area contributed by atoms with Crippen LogP contribution in [0.5, 0.6) is 0 Å². The van der Waals surface area contributed by atoms with E-state index < -0.39 is 11.6 Å². The third-order valence-corrected chi connectivity index (χ3v) is 4.70. The first kappa shape index (κ1) is 12.6. The maximum absolute atomic E-state index is 13.1. The Labute approximate surface area is 110 Å². The summed E-state index contributed by atoms with van der Waals surface area (Å²) < 4.78 is 25.9. The van der Waals surface area contributed by atoms with Crippen molar-refractivity contribution in [2.45, 2.75) is 18.2 Å². The van der Waals surface area contributed by atoms with Crippen molar-refractivity contribution in [1.29, 1.82) is 0 Å². The van der Waals surface area contributed by atoms with Crippen LogP contribution in [0.15, 0.2) is 18.2 Å². The molecule has 0 N–H and O–H groups in total. The summed E-state index contributed by atoms with van der Waals surface area (Å²) in [6, 6.07) is 3.73. The molecule has 6 heteroatoms. The molecule has 90 valence electrons. The van der Waals surface area contributed by atoms with Crippen molar-refractivity contribution in [3.8, 4) is 10.6 Å². The lowest BCUT2D eigenvalue weighted by atomic mass is 10.2. The first-order valence-corrected chi connectivity index (χ1v) is 6.78. The summed E-state index contributed by atoms with van der Waals surface area (Å²) in [7, 11) is 0. The molecule has 0 amide bonds. The average molecular weight is 319 g/mol. The number of hydrogen-bond donors (Lipinski definition) is 0. The van der Waals surface area contributed by atoms with Crippen molar-refractivity contribution in [2.24, 2.45) is 0 Å². The molecular formula is C11H9BrF2N2S. The fraction of sp³-hybridized carbons (Fsp3) is 0.273. The molecule has 1 atom stereocenters. The Hall–Kier alpha value is -0.880. The van der Waals surface area contributed by atoms with Gasteiger partial charge < -0.3 is 0 Å². The predicted octanol–water partition coefficient (Wildman–Crippen LogP) is 4.33. The third kappa shape index (κ3) is 2.69. The van der Waals surface area contributed by atoms with Crippen LogP contribution in [-0.4, -0.2) is 10.2 Å². The zero-order valence-electron chi connectivity index (χ0n) is 8.95. The number of nitrogens with zero attached hydrogens (tertiary/aromatic N) is 2. The van der Waals surface area contributed by atoms with E-state index in [1.165, 1.54) is 17.4 Å². The molecule has 0 aliphatic rings. The van der Waals surface area contributed by atoms with Crippen molar-refractivity contribution >= 4 is 27.3 Å². The Morgan fingerprint density at radius 3 is 2.71 bits per heavy atom. The minimum atomic E-state index is -0.870. The minimum Gasteiger partial charge on any atom is -0.204 e. The number of hydrogen-bond acceptors (Lipinski definition) is 3. The normalized spacial score (nSPS) is 12.7. The molecule has 0 fully saturated rings. The van der Waals surface area contributed by atoms with Crippen molar-refractivity contribution in [2.75, 3.05) is 0 Å². The van der Waals surface area contributed by atoms with Gasteiger partial charge in [-0.1, -0.05) is 34.2 Å². The van der Waals surface area contributed by atoms with Crippen LogP contribution >= 0.6 is 27.3 Å². The summed E-state index contributed by atoms with van der Waals surface area (Å²) in [6.07, 6.45) is 0.895. The summed E-state index contributed by atoms with van der Waals surface area (Å²) in [5.41, 5.74) is 0.545. The fourth-order valence-corrected chi connectivity index (χ4v) is 2.55. The zero-order valence-corrected chi connectivity index (χ0v) is 11.4. The van der Waals surface area contributed by atoms with Gasteiger partial charge in [-0.25, -0.2) is 8.78 Å². The van der Waals surface area contributed by atoms with Gasteiger partial charge in [0, 0.05) is 5.56 Å². The molecule has 0 aliphatic carbocycles. The standard InChI is InChI=1S/C11H9BrF2N2S/c1-2-7(12)11-16-15-10(17-11)6-3-4-8(13)9(14)5-6/h3-5,7H,2H2,1H3. The molecule has 1 heterocycles. The lowest BCUT2D eigenvalue weighted by Crippen LogP contribution is -1.85. The van der Waals surface area contributed by atoms with Gasteiger partial charge in [-0.3, -0.25) is 0 Å². The lowest BCUT2D eigenvalue weighted by Gasteiger charge is -1.98. The zero-order chi connectivity index (χ0) is 12.4. The SMILES string of the molecule is CCC(Br)c1nnc(-c2ccc(F)c(F)c2)s1. The Morgan fingerprint density at radius 1 is 1.29 bits per heavy atom. The molecular weight excluding hydrogens is 310 g/mol. The van der Waals surface area contributed by atoms with Crippen LogP contribution in [0.3, 0.4) is 0 Å². The summed E-state index contributed by atoms with van der Waals surface area (Å²) in [5.74, 6) is -1.73. The second-order valence-electron chi connectivity index (χ2n) is 3.45. The summed E-state index contributed by atoms with van der Waals surface area (Å²) in [5, 5.41) is 9.43. The monoisotopic (exact) mass is 318 g/mol. The Morgan fingerprint density at radius 2 is 2.06 bits per heavy atom. The molecule has 2 aromatic rings. The molecule has 0 aliphatic heterocycles. The summed E-state index contributed by atoms with van der Waals surface area (Å²) in [4.78, 5) is 0.152. The lowest BCUT2D eigenvalue weighted by molar-refractivity contribution is 0.509. The average Bonchev–Trinajstić information content (AvgIpc) is 2.81. The van der Waals surface area contributed by atoms with Crippen molar-refractivity contribution in [3.05, 3.63) is 34.8 Å². The number of halogens is 3.